The number of ether oxygens (including phenoxy) is 1. The van der Waals surface area contributed by atoms with Crippen LogP contribution in [0, 0.1) is 6.92 Å². The number of methoxy groups -OCH3 is 1. The molecule has 0 spiro atoms. The molecule has 1 aromatic heterocycles. The van der Waals surface area contributed by atoms with Crippen molar-refractivity contribution in [1.82, 2.24) is 9.78 Å². The molecule has 0 saturated heterocycles. The lowest BCUT2D eigenvalue weighted by Crippen LogP contribution is -2.16. The molecule has 132 valence electrons. The summed E-state index contributed by atoms with van der Waals surface area (Å²) in [6.07, 6.45) is 4.17. The van der Waals surface area contributed by atoms with E-state index in [1.165, 1.54) is 11.1 Å². The van der Waals surface area contributed by atoms with Gasteiger partial charge in [0.15, 0.2) is 0 Å². The Balaban J connectivity index is 1.89. The highest BCUT2D eigenvalue weighted by Gasteiger charge is 2.26. The lowest BCUT2D eigenvalue weighted by Gasteiger charge is -2.13. The lowest BCUT2D eigenvalue weighted by molar-refractivity contribution is 0.0943. The van der Waals surface area contributed by atoms with Crippen LogP contribution in [0.5, 0.6) is 5.75 Å². The number of rotatable bonds is 3. The van der Waals surface area contributed by atoms with Crippen LogP contribution in [0.4, 0.5) is 0 Å². The number of hydrogen-bond donors (Lipinski definition) is 0. The van der Waals surface area contributed by atoms with Gasteiger partial charge in [-0.3, -0.25) is 4.79 Å². The first-order chi connectivity index (χ1) is 12.7. The van der Waals surface area contributed by atoms with Gasteiger partial charge in [0.1, 0.15) is 5.75 Å². The van der Waals surface area contributed by atoms with E-state index in [1.54, 1.807) is 17.9 Å². The second-order valence-corrected chi connectivity index (χ2v) is 6.76. The smallest absolute Gasteiger partial charge is 0.282 e. The number of para-hydroxylation sites is 1. The average Bonchev–Trinajstić information content (AvgIpc) is 3.07. The Morgan fingerprint density at radius 2 is 1.77 bits per heavy atom. The monoisotopic (exact) mass is 346 g/mol. The van der Waals surface area contributed by atoms with Gasteiger partial charge in [0.05, 0.1) is 24.1 Å². The normalized spacial score (nSPS) is 13.3. The number of hydrogen-bond acceptors (Lipinski definition) is 3. The quantitative estimate of drug-likeness (QED) is 0.704. The first-order valence-electron chi connectivity index (χ1n) is 9.04. The number of benzene rings is 2. The first-order valence-corrected chi connectivity index (χ1v) is 9.04. The van der Waals surface area contributed by atoms with Crippen molar-refractivity contribution in [3.63, 3.8) is 0 Å². The molecule has 4 heteroatoms. The zero-order chi connectivity index (χ0) is 18.1. The number of fused-ring (bicyclic) bond motifs is 1. The van der Waals surface area contributed by atoms with E-state index in [4.69, 9.17) is 9.84 Å². The summed E-state index contributed by atoms with van der Waals surface area (Å²) in [4.78, 5) is 13.3. The Labute approximate surface area is 153 Å². The van der Waals surface area contributed by atoms with E-state index in [9.17, 15) is 4.79 Å². The van der Waals surface area contributed by atoms with Crippen molar-refractivity contribution in [2.45, 2.75) is 32.6 Å². The molecule has 0 bridgehead atoms. The molecule has 3 aromatic rings. The molecular formula is C22H22N2O2. The van der Waals surface area contributed by atoms with Gasteiger partial charge in [-0.15, -0.1) is 0 Å². The van der Waals surface area contributed by atoms with Gasteiger partial charge in [-0.05, 0) is 44.7 Å². The van der Waals surface area contributed by atoms with Crippen molar-refractivity contribution >= 4 is 5.91 Å². The van der Waals surface area contributed by atoms with Crippen LogP contribution in [0.2, 0.25) is 0 Å². The summed E-state index contributed by atoms with van der Waals surface area (Å²) in [5, 5.41) is 4.71. The molecule has 0 atom stereocenters. The van der Waals surface area contributed by atoms with Gasteiger partial charge in [-0.1, -0.05) is 42.0 Å². The molecule has 0 unspecified atom stereocenters. The standard InChI is InChI=1S/C22H22N2O2/c1-15-11-13-16(14-12-15)21-17-7-3-5-9-19(17)23-24(21)22(25)18-8-4-6-10-20(18)26-2/h4,6,8,10-14H,3,5,7,9H2,1-2H3. The van der Waals surface area contributed by atoms with Crippen LogP contribution in [-0.2, 0) is 12.8 Å². The molecule has 4 nitrogen and oxygen atoms in total. The van der Waals surface area contributed by atoms with Crippen LogP contribution >= 0.6 is 0 Å². The van der Waals surface area contributed by atoms with Crippen molar-refractivity contribution in [1.29, 1.82) is 0 Å². The predicted molar refractivity (Wildman–Crippen MR) is 102 cm³/mol. The summed E-state index contributed by atoms with van der Waals surface area (Å²) in [5.41, 5.74) is 5.96. The Morgan fingerprint density at radius 1 is 1.04 bits per heavy atom. The van der Waals surface area contributed by atoms with E-state index in [0.29, 0.717) is 11.3 Å². The Morgan fingerprint density at radius 3 is 2.54 bits per heavy atom. The zero-order valence-electron chi connectivity index (χ0n) is 15.2. The van der Waals surface area contributed by atoms with Crippen LogP contribution < -0.4 is 4.74 Å². The molecule has 0 amide bonds. The summed E-state index contributed by atoms with van der Waals surface area (Å²) < 4.78 is 6.97. The van der Waals surface area contributed by atoms with Crippen molar-refractivity contribution in [3.05, 3.63) is 70.9 Å². The van der Waals surface area contributed by atoms with Crippen LogP contribution in [0.15, 0.2) is 48.5 Å². The van der Waals surface area contributed by atoms with Gasteiger partial charge in [0, 0.05) is 11.1 Å². The number of aromatic nitrogens is 2. The number of carbonyl (C=O) groups excluding carboxylic acids is 1. The van der Waals surface area contributed by atoms with Crippen molar-refractivity contribution in [2.75, 3.05) is 7.11 Å². The summed E-state index contributed by atoms with van der Waals surface area (Å²) in [6, 6.07) is 15.6. The van der Waals surface area contributed by atoms with Gasteiger partial charge in [0.2, 0.25) is 0 Å². The minimum absolute atomic E-state index is 0.146. The molecular weight excluding hydrogens is 324 g/mol. The van der Waals surface area contributed by atoms with Gasteiger partial charge in [-0.25, -0.2) is 0 Å². The molecule has 0 fully saturated rings. The average molecular weight is 346 g/mol. The largest absolute Gasteiger partial charge is 0.496 e. The maximum atomic E-state index is 13.3. The summed E-state index contributed by atoms with van der Waals surface area (Å²) >= 11 is 0. The van der Waals surface area contributed by atoms with Gasteiger partial charge < -0.3 is 4.74 Å². The topological polar surface area (TPSA) is 44.1 Å². The lowest BCUT2D eigenvalue weighted by atomic mass is 9.93. The SMILES string of the molecule is COc1ccccc1C(=O)n1nc2c(c1-c1ccc(C)cc1)CCCC2. The molecule has 1 heterocycles. The molecule has 0 radical (unpaired) electrons. The Kier molecular flexibility index (Phi) is 4.33. The zero-order valence-corrected chi connectivity index (χ0v) is 15.2. The third-order valence-electron chi connectivity index (χ3n) is 5.01. The second kappa shape index (κ2) is 6.79. The van der Waals surface area contributed by atoms with E-state index < -0.39 is 0 Å². The molecule has 1 aliphatic rings. The predicted octanol–water partition coefficient (Wildman–Crippen LogP) is 4.43. The second-order valence-electron chi connectivity index (χ2n) is 6.76. The minimum Gasteiger partial charge on any atom is -0.496 e. The number of carbonyl (C=O) groups is 1. The molecule has 0 N–H and O–H groups in total. The van der Waals surface area contributed by atoms with Crippen LogP contribution in [-0.4, -0.2) is 22.8 Å². The van der Waals surface area contributed by atoms with E-state index in [0.717, 1.165) is 42.6 Å². The highest BCUT2D eigenvalue weighted by atomic mass is 16.5. The van der Waals surface area contributed by atoms with Crippen molar-refractivity contribution in [2.24, 2.45) is 0 Å². The summed E-state index contributed by atoms with van der Waals surface area (Å²) in [7, 11) is 1.58. The van der Waals surface area contributed by atoms with E-state index >= 15 is 0 Å². The van der Waals surface area contributed by atoms with Gasteiger partial charge >= 0.3 is 0 Å². The molecule has 0 aliphatic heterocycles. The van der Waals surface area contributed by atoms with Gasteiger partial charge in [-0.2, -0.15) is 9.78 Å². The fourth-order valence-electron chi connectivity index (χ4n) is 3.64. The van der Waals surface area contributed by atoms with E-state index in [-0.39, 0.29) is 5.91 Å². The first kappa shape index (κ1) is 16.6. The highest BCUT2D eigenvalue weighted by Crippen LogP contribution is 2.33. The maximum Gasteiger partial charge on any atom is 0.282 e. The van der Waals surface area contributed by atoms with Crippen molar-refractivity contribution < 1.29 is 9.53 Å². The fraction of sp³-hybridized carbons (Fsp3) is 0.273. The Bertz CT molecular complexity index is 955. The maximum absolute atomic E-state index is 13.3. The van der Waals surface area contributed by atoms with E-state index in [1.807, 2.05) is 18.2 Å². The molecule has 0 saturated carbocycles. The highest BCUT2D eigenvalue weighted by molar-refractivity contribution is 6.00. The van der Waals surface area contributed by atoms with Crippen LogP contribution in [0.1, 0.15) is 40.0 Å². The van der Waals surface area contributed by atoms with E-state index in [2.05, 4.69) is 31.2 Å². The number of aryl methyl sites for hydroxylation is 2. The summed E-state index contributed by atoms with van der Waals surface area (Å²) in [5.74, 6) is 0.424. The van der Waals surface area contributed by atoms with Crippen LogP contribution in [0.25, 0.3) is 11.3 Å². The fourth-order valence-corrected chi connectivity index (χ4v) is 3.64. The Hall–Kier alpha value is -2.88. The van der Waals surface area contributed by atoms with Crippen molar-refractivity contribution in [3.8, 4) is 17.0 Å². The third kappa shape index (κ3) is 2.81. The van der Waals surface area contributed by atoms with Gasteiger partial charge in [0.25, 0.3) is 5.91 Å². The molecule has 4 rings (SSSR count). The summed E-state index contributed by atoms with van der Waals surface area (Å²) in [6.45, 7) is 2.07. The third-order valence-corrected chi connectivity index (χ3v) is 5.01. The molecule has 2 aromatic carbocycles. The molecule has 1 aliphatic carbocycles. The van der Waals surface area contributed by atoms with Crippen LogP contribution in [0.3, 0.4) is 0 Å². The molecule has 26 heavy (non-hydrogen) atoms. The minimum atomic E-state index is -0.146. The number of nitrogens with zero attached hydrogens (tertiary/aromatic N) is 2.